The van der Waals surface area contributed by atoms with E-state index in [1.807, 2.05) is 6.92 Å². The standard InChI is InChI=1S/C12H21N3O/c1-2-14-11(13)15-9-8-4-7-16-10(8)12(9)5-3-6-12/h8-10H,2-7H2,1H3,(H3,13,14,15). The van der Waals surface area contributed by atoms with E-state index in [1.165, 1.54) is 25.7 Å². The number of rotatable bonds is 2. The lowest BCUT2D eigenvalue weighted by Gasteiger charge is -2.63. The van der Waals surface area contributed by atoms with Gasteiger partial charge in [0.2, 0.25) is 0 Å². The Hall–Kier alpha value is -0.770. The van der Waals surface area contributed by atoms with E-state index in [1.54, 1.807) is 0 Å². The van der Waals surface area contributed by atoms with Gasteiger partial charge in [0.05, 0.1) is 6.10 Å². The molecule has 0 radical (unpaired) electrons. The molecule has 0 bridgehead atoms. The molecule has 0 amide bonds. The lowest BCUT2D eigenvalue weighted by atomic mass is 9.46. The molecule has 2 aliphatic carbocycles. The number of nitrogens with two attached hydrogens (primary N) is 1. The van der Waals surface area contributed by atoms with Crippen molar-refractivity contribution in [2.75, 3.05) is 13.2 Å². The second-order valence-electron chi connectivity index (χ2n) is 5.31. The van der Waals surface area contributed by atoms with Crippen molar-refractivity contribution in [2.24, 2.45) is 22.1 Å². The van der Waals surface area contributed by atoms with Gasteiger partial charge in [-0.25, -0.2) is 0 Å². The van der Waals surface area contributed by atoms with Gasteiger partial charge in [-0.3, -0.25) is 4.99 Å². The number of hydrogen-bond acceptors (Lipinski definition) is 2. The Balaban J connectivity index is 1.71. The van der Waals surface area contributed by atoms with Crippen molar-refractivity contribution >= 4 is 5.96 Å². The molecule has 0 aromatic heterocycles. The topological polar surface area (TPSA) is 59.6 Å². The van der Waals surface area contributed by atoms with Crippen LogP contribution in [0.3, 0.4) is 0 Å². The summed E-state index contributed by atoms with van der Waals surface area (Å²) < 4.78 is 5.86. The van der Waals surface area contributed by atoms with Crippen LogP contribution in [0.1, 0.15) is 32.6 Å². The monoisotopic (exact) mass is 223 g/mol. The highest BCUT2D eigenvalue weighted by molar-refractivity contribution is 5.78. The van der Waals surface area contributed by atoms with Crippen LogP contribution < -0.4 is 11.1 Å². The summed E-state index contributed by atoms with van der Waals surface area (Å²) in [5.74, 6) is 1.29. The molecular weight excluding hydrogens is 202 g/mol. The smallest absolute Gasteiger partial charge is 0.188 e. The second kappa shape index (κ2) is 3.62. The number of guanidine groups is 1. The fourth-order valence-corrected chi connectivity index (χ4v) is 3.83. The van der Waals surface area contributed by atoms with Crippen LogP contribution in [0.5, 0.6) is 0 Å². The molecule has 90 valence electrons. The molecular formula is C12H21N3O. The molecule has 1 spiro atoms. The molecule has 3 atom stereocenters. The van der Waals surface area contributed by atoms with Crippen molar-refractivity contribution in [1.29, 1.82) is 0 Å². The minimum atomic E-state index is 0.398. The van der Waals surface area contributed by atoms with Gasteiger partial charge in [-0.2, -0.15) is 0 Å². The van der Waals surface area contributed by atoms with E-state index in [2.05, 4.69) is 10.3 Å². The first-order chi connectivity index (χ1) is 7.78. The van der Waals surface area contributed by atoms with Gasteiger partial charge in [0.1, 0.15) is 0 Å². The lowest BCUT2D eigenvalue weighted by Crippen LogP contribution is -2.72. The SMILES string of the molecule is CCN=C(N)NC1C2CCOC2C12CCC2. The maximum Gasteiger partial charge on any atom is 0.188 e. The lowest BCUT2D eigenvalue weighted by molar-refractivity contribution is -0.171. The number of nitrogens with one attached hydrogen (secondary N) is 1. The predicted octanol–water partition coefficient (Wildman–Crippen LogP) is 0.868. The van der Waals surface area contributed by atoms with E-state index in [0.717, 1.165) is 13.2 Å². The molecule has 1 aliphatic heterocycles. The fraction of sp³-hybridized carbons (Fsp3) is 0.917. The third kappa shape index (κ3) is 1.22. The van der Waals surface area contributed by atoms with Gasteiger partial charge in [-0.1, -0.05) is 6.42 Å². The van der Waals surface area contributed by atoms with Gasteiger partial charge in [-0.15, -0.1) is 0 Å². The van der Waals surface area contributed by atoms with Gasteiger partial charge in [0, 0.05) is 30.5 Å². The Morgan fingerprint density at radius 3 is 3.00 bits per heavy atom. The van der Waals surface area contributed by atoms with Crippen LogP contribution in [0.25, 0.3) is 0 Å². The van der Waals surface area contributed by atoms with Gasteiger partial charge in [0.25, 0.3) is 0 Å². The molecule has 3 fully saturated rings. The highest BCUT2D eigenvalue weighted by atomic mass is 16.5. The zero-order chi connectivity index (χ0) is 11.2. The summed E-state index contributed by atoms with van der Waals surface area (Å²) in [6.45, 7) is 3.69. The minimum absolute atomic E-state index is 0.398. The van der Waals surface area contributed by atoms with Crippen molar-refractivity contribution in [1.82, 2.24) is 5.32 Å². The first-order valence-corrected chi connectivity index (χ1v) is 6.46. The predicted molar refractivity (Wildman–Crippen MR) is 63.2 cm³/mol. The largest absolute Gasteiger partial charge is 0.377 e. The zero-order valence-corrected chi connectivity index (χ0v) is 9.91. The molecule has 3 unspecified atom stereocenters. The van der Waals surface area contributed by atoms with Crippen LogP contribution in [0.2, 0.25) is 0 Å². The summed E-state index contributed by atoms with van der Waals surface area (Å²) in [5, 5.41) is 3.43. The fourth-order valence-electron chi connectivity index (χ4n) is 3.83. The third-order valence-electron chi connectivity index (χ3n) is 4.67. The molecule has 3 N–H and O–H groups in total. The third-order valence-corrected chi connectivity index (χ3v) is 4.67. The van der Waals surface area contributed by atoms with Crippen LogP contribution in [0.4, 0.5) is 0 Å². The van der Waals surface area contributed by atoms with E-state index >= 15 is 0 Å². The average Bonchev–Trinajstić information content (AvgIpc) is 2.58. The Morgan fingerprint density at radius 1 is 1.56 bits per heavy atom. The molecule has 0 aromatic carbocycles. The van der Waals surface area contributed by atoms with E-state index in [-0.39, 0.29) is 0 Å². The van der Waals surface area contributed by atoms with Gasteiger partial charge >= 0.3 is 0 Å². The summed E-state index contributed by atoms with van der Waals surface area (Å²) in [5.41, 5.74) is 6.27. The molecule has 0 aromatic rings. The van der Waals surface area contributed by atoms with Crippen molar-refractivity contribution in [2.45, 2.75) is 44.8 Å². The highest BCUT2D eigenvalue weighted by Crippen LogP contribution is 2.62. The van der Waals surface area contributed by atoms with Crippen molar-refractivity contribution in [3.05, 3.63) is 0 Å². The maximum atomic E-state index is 5.88. The van der Waals surface area contributed by atoms with Crippen LogP contribution in [-0.2, 0) is 4.74 Å². The number of hydrogen-bond donors (Lipinski definition) is 2. The first kappa shape index (κ1) is 10.4. The summed E-state index contributed by atoms with van der Waals surface area (Å²) in [6, 6.07) is 0.518. The normalized spacial score (nSPS) is 40.1. The van der Waals surface area contributed by atoms with Gasteiger partial charge in [0.15, 0.2) is 5.96 Å². The zero-order valence-electron chi connectivity index (χ0n) is 9.91. The molecule has 2 saturated carbocycles. The van der Waals surface area contributed by atoms with E-state index < -0.39 is 0 Å². The first-order valence-electron chi connectivity index (χ1n) is 6.46. The van der Waals surface area contributed by atoms with Crippen LogP contribution >= 0.6 is 0 Å². The second-order valence-corrected chi connectivity index (χ2v) is 5.31. The van der Waals surface area contributed by atoms with Crippen molar-refractivity contribution in [3.8, 4) is 0 Å². The summed E-state index contributed by atoms with van der Waals surface area (Å²) >= 11 is 0. The minimum Gasteiger partial charge on any atom is -0.377 e. The Labute approximate surface area is 96.6 Å². The van der Waals surface area contributed by atoms with E-state index in [9.17, 15) is 0 Å². The van der Waals surface area contributed by atoms with Gasteiger partial charge in [-0.05, 0) is 26.2 Å². The van der Waals surface area contributed by atoms with E-state index in [4.69, 9.17) is 10.5 Å². The number of fused-ring (bicyclic) bond motifs is 2. The van der Waals surface area contributed by atoms with E-state index in [0.29, 0.717) is 29.4 Å². The summed E-state index contributed by atoms with van der Waals surface area (Å²) in [6.07, 6.45) is 5.63. The molecule has 3 aliphatic rings. The van der Waals surface area contributed by atoms with Crippen molar-refractivity contribution < 1.29 is 4.74 Å². The molecule has 4 heteroatoms. The Kier molecular flexibility index (Phi) is 2.35. The number of nitrogens with zero attached hydrogens (tertiary/aromatic N) is 1. The Bertz CT molecular complexity index is 311. The quantitative estimate of drug-likeness (QED) is 0.539. The van der Waals surface area contributed by atoms with Gasteiger partial charge < -0.3 is 15.8 Å². The molecule has 1 saturated heterocycles. The molecule has 1 heterocycles. The summed E-state index contributed by atoms with van der Waals surface area (Å²) in [4.78, 5) is 4.23. The number of aliphatic imine (C=N–C) groups is 1. The highest BCUT2D eigenvalue weighted by Gasteiger charge is 2.66. The van der Waals surface area contributed by atoms with Crippen LogP contribution in [0, 0.1) is 11.3 Å². The average molecular weight is 223 g/mol. The molecule has 3 rings (SSSR count). The van der Waals surface area contributed by atoms with Crippen LogP contribution in [0.15, 0.2) is 4.99 Å². The van der Waals surface area contributed by atoms with Crippen LogP contribution in [-0.4, -0.2) is 31.3 Å². The van der Waals surface area contributed by atoms with Crippen molar-refractivity contribution in [3.63, 3.8) is 0 Å². The molecule has 4 nitrogen and oxygen atoms in total. The maximum absolute atomic E-state index is 5.88. The summed E-state index contributed by atoms with van der Waals surface area (Å²) in [7, 11) is 0. The Morgan fingerprint density at radius 2 is 2.38 bits per heavy atom. The number of ether oxygens (including phenoxy) is 1. The molecule has 16 heavy (non-hydrogen) atoms.